The van der Waals surface area contributed by atoms with E-state index in [1.165, 1.54) is 18.4 Å². The Morgan fingerprint density at radius 2 is 1.85 bits per heavy atom. The summed E-state index contributed by atoms with van der Waals surface area (Å²) in [6.07, 6.45) is 4.06. The van der Waals surface area contributed by atoms with Crippen LogP contribution in [0.2, 0.25) is 5.02 Å². The Morgan fingerprint density at radius 1 is 1.07 bits per heavy atom. The highest BCUT2D eigenvalue weighted by atomic mass is 35.5. The molecule has 0 aliphatic carbocycles. The highest BCUT2D eigenvalue weighted by Gasteiger charge is 2.20. The Bertz CT molecular complexity index is 913. The van der Waals surface area contributed by atoms with E-state index in [0.29, 0.717) is 12.3 Å². The molecule has 27 heavy (non-hydrogen) atoms. The van der Waals surface area contributed by atoms with E-state index in [2.05, 4.69) is 35.2 Å². The van der Waals surface area contributed by atoms with Gasteiger partial charge in [-0.25, -0.2) is 0 Å². The van der Waals surface area contributed by atoms with Crippen LogP contribution in [0.3, 0.4) is 0 Å². The quantitative estimate of drug-likeness (QED) is 0.446. The van der Waals surface area contributed by atoms with Gasteiger partial charge in [-0.2, -0.15) is 0 Å². The summed E-state index contributed by atoms with van der Waals surface area (Å²) >= 11 is 7.63. The number of ketones is 1. The van der Waals surface area contributed by atoms with Crippen LogP contribution in [-0.2, 0) is 6.54 Å². The lowest BCUT2D eigenvalue weighted by Gasteiger charge is -2.31. The van der Waals surface area contributed by atoms with Crippen LogP contribution in [0.25, 0.3) is 10.1 Å². The van der Waals surface area contributed by atoms with Gasteiger partial charge in [-0.1, -0.05) is 41.9 Å². The lowest BCUT2D eigenvalue weighted by atomic mass is 9.91. The average molecular weight is 398 g/mol. The van der Waals surface area contributed by atoms with Gasteiger partial charge in [0.2, 0.25) is 0 Å². The maximum absolute atomic E-state index is 12.6. The molecular weight excluding hydrogens is 374 g/mol. The molecule has 1 saturated heterocycles. The molecule has 0 N–H and O–H groups in total. The molecule has 0 saturated carbocycles. The molecule has 0 atom stereocenters. The van der Waals surface area contributed by atoms with Crippen molar-refractivity contribution in [2.24, 2.45) is 5.92 Å². The molecule has 0 amide bonds. The van der Waals surface area contributed by atoms with Gasteiger partial charge in [-0.15, -0.1) is 11.3 Å². The molecule has 2 nitrogen and oxygen atoms in total. The number of hydrogen-bond acceptors (Lipinski definition) is 3. The highest BCUT2D eigenvalue weighted by Crippen LogP contribution is 2.30. The van der Waals surface area contributed by atoms with Crippen LogP contribution in [0.5, 0.6) is 0 Å². The molecule has 4 heteroatoms. The van der Waals surface area contributed by atoms with Gasteiger partial charge in [0.15, 0.2) is 5.78 Å². The predicted molar refractivity (Wildman–Crippen MR) is 115 cm³/mol. The number of nitrogens with zero attached hydrogens (tertiary/aromatic N) is 1. The predicted octanol–water partition coefficient (Wildman–Crippen LogP) is 6.43. The molecule has 0 radical (unpaired) electrons. The molecule has 1 fully saturated rings. The van der Waals surface area contributed by atoms with E-state index in [-0.39, 0.29) is 5.78 Å². The second-order valence-electron chi connectivity index (χ2n) is 7.46. The van der Waals surface area contributed by atoms with Gasteiger partial charge in [0.05, 0.1) is 4.88 Å². The molecule has 0 spiro atoms. The van der Waals surface area contributed by atoms with Crippen molar-refractivity contribution in [3.63, 3.8) is 0 Å². The molecule has 2 heterocycles. The number of halogens is 1. The van der Waals surface area contributed by atoms with Gasteiger partial charge in [0.1, 0.15) is 0 Å². The van der Waals surface area contributed by atoms with Gasteiger partial charge in [0.25, 0.3) is 0 Å². The van der Waals surface area contributed by atoms with Gasteiger partial charge in [-0.3, -0.25) is 9.69 Å². The number of thiophene rings is 1. The zero-order valence-corrected chi connectivity index (χ0v) is 16.9. The molecule has 0 unspecified atom stereocenters. The van der Waals surface area contributed by atoms with E-state index in [0.717, 1.165) is 46.0 Å². The third-order valence-electron chi connectivity index (χ3n) is 5.49. The number of benzene rings is 2. The van der Waals surface area contributed by atoms with Crippen LogP contribution in [0.1, 0.15) is 40.9 Å². The Kier molecular flexibility index (Phi) is 5.92. The molecule has 2 aromatic carbocycles. The highest BCUT2D eigenvalue weighted by molar-refractivity contribution is 7.20. The summed E-state index contributed by atoms with van der Waals surface area (Å²) in [7, 11) is 0. The molecule has 140 valence electrons. The van der Waals surface area contributed by atoms with E-state index < -0.39 is 0 Å². The summed E-state index contributed by atoms with van der Waals surface area (Å²) in [5.41, 5.74) is 1.39. The number of likely N-dealkylation sites (tertiary alicyclic amines) is 1. The monoisotopic (exact) mass is 397 g/mol. The lowest BCUT2D eigenvalue weighted by Crippen LogP contribution is -2.33. The minimum absolute atomic E-state index is 0.277. The fourth-order valence-electron chi connectivity index (χ4n) is 3.88. The Balaban J connectivity index is 1.26. The van der Waals surface area contributed by atoms with Crippen LogP contribution in [-0.4, -0.2) is 23.8 Å². The summed E-state index contributed by atoms with van der Waals surface area (Å²) in [5, 5.41) is 1.80. The summed E-state index contributed by atoms with van der Waals surface area (Å²) in [5.74, 6) is 0.948. The zero-order chi connectivity index (χ0) is 18.6. The normalized spacial score (nSPS) is 16.0. The first-order valence-electron chi connectivity index (χ1n) is 9.66. The smallest absolute Gasteiger partial charge is 0.172 e. The third kappa shape index (κ3) is 4.78. The maximum Gasteiger partial charge on any atom is 0.172 e. The SMILES string of the molecule is O=C(CCC1CCN(Cc2ccccc2)CC1)c1cc2cc(Cl)ccc2s1. The average Bonchev–Trinajstić information content (AvgIpc) is 3.11. The van der Waals surface area contributed by atoms with Crippen molar-refractivity contribution in [1.82, 2.24) is 4.90 Å². The maximum atomic E-state index is 12.6. The number of Topliss-reactive ketones (excluding diaryl/α,β-unsaturated/α-hetero) is 1. The van der Waals surface area contributed by atoms with E-state index in [1.807, 2.05) is 24.3 Å². The zero-order valence-electron chi connectivity index (χ0n) is 15.4. The topological polar surface area (TPSA) is 20.3 Å². The number of rotatable bonds is 6. The van der Waals surface area contributed by atoms with Gasteiger partial charge < -0.3 is 0 Å². The largest absolute Gasteiger partial charge is 0.299 e. The van der Waals surface area contributed by atoms with Crippen molar-refractivity contribution in [3.05, 3.63) is 70.1 Å². The molecule has 1 aromatic heterocycles. The Hall–Kier alpha value is -1.68. The Labute approximate surface area is 169 Å². The standard InChI is InChI=1S/C23H24ClNOS/c24-20-7-9-22-19(14-20)15-23(27-22)21(26)8-6-17-10-12-25(13-11-17)16-18-4-2-1-3-5-18/h1-5,7,9,14-15,17H,6,8,10-13,16H2. The van der Waals surface area contributed by atoms with Crippen LogP contribution in [0, 0.1) is 5.92 Å². The van der Waals surface area contributed by atoms with Crippen LogP contribution < -0.4 is 0 Å². The van der Waals surface area contributed by atoms with Crippen molar-refractivity contribution in [2.45, 2.75) is 32.2 Å². The van der Waals surface area contributed by atoms with Crippen molar-refractivity contribution < 1.29 is 4.79 Å². The second-order valence-corrected chi connectivity index (χ2v) is 8.98. The first kappa shape index (κ1) is 18.7. The van der Waals surface area contributed by atoms with E-state index in [4.69, 9.17) is 11.6 Å². The summed E-state index contributed by atoms with van der Waals surface area (Å²) in [6, 6.07) is 18.5. The van der Waals surface area contributed by atoms with E-state index in [1.54, 1.807) is 11.3 Å². The third-order valence-corrected chi connectivity index (χ3v) is 6.88. The van der Waals surface area contributed by atoms with Crippen LogP contribution in [0.15, 0.2) is 54.6 Å². The van der Waals surface area contributed by atoms with Crippen LogP contribution in [0.4, 0.5) is 0 Å². The first-order chi connectivity index (χ1) is 13.2. The van der Waals surface area contributed by atoms with Crippen molar-refractivity contribution >= 4 is 38.8 Å². The van der Waals surface area contributed by atoms with E-state index >= 15 is 0 Å². The molecule has 1 aliphatic heterocycles. The number of piperidine rings is 1. The van der Waals surface area contributed by atoms with Crippen molar-refractivity contribution in [2.75, 3.05) is 13.1 Å². The fraction of sp³-hybridized carbons (Fsp3) is 0.348. The molecule has 3 aromatic rings. The summed E-state index contributed by atoms with van der Waals surface area (Å²) in [6.45, 7) is 3.31. The lowest BCUT2D eigenvalue weighted by molar-refractivity contribution is 0.0965. The number of carbonyl (C=O) groups is 1. The molecular formula is C23H24ClNOS. The van der Waals surface area contributed by atoms with Crippen molar-refractivity contribution in [3.8, 4) is 0 Å². The number of fused-ring (bicyclic) bond motifs is 1. The van der Waals surface area contributed by atoms with Crippen molar-refractivity contribution in [1.29, 1.82) is 0 Å². The van der Waals surface area contributed by atoms with Gasteiger partial charge >= 0.3 is 0 Å². The minimum Gasteiger partial charge on any atom is -0.299 e. The molecule has 1 aliphatic rings. The van der Waals surface area contributed by atoms with Gasteiger partial charge in [0, 0.05) is 22.7 Å². The summed E-state index contributed by atoms with van der Waals surface area (Å²) in [4.78, 5) is 16.0. The van der Waals surface area contributed by atoms with Gasteiger partial charge in [-0.05, 0) is 73.5 Å². The minimum atomic E-state index is 0.277. The molecule has 4 rings (SSSR count). The second kappa shape index (κ2) is 8.55. The molecule has 0 bridgehead atoms. The summed E-state index contributed by atoms with van der Waals surface area (Å²) < 4.78 is 1.14. The van der Waals surface area contributed by atoms with Crippen LogP contribution >= 0.6 is 22.9 Å². The van der Waals surface area contributed by atoms with E-state index in [9.17, 15) is 4.79 Å². The first-order valence-corrected chi connectivity index (χ1v) is 10.9. The fourth-order valence-corrected chi connectivity index (χ4v) is 5.08. The number of carbonyl (C=O) groups excluding carboxylic acids is 1. The Morgan fingerprint density at radius 3 is 2.63 bits per heavy atom. The number of hydrogen-bond donors (Lipinski definition) is 0.